The number of hydrogen-bond acceptors (Lipinski definition) is 9. The van der Waals surface area contributed by atoms with Gasteiger partial charge in [-0.15, -0.1) is 0 Å². The molecule has 3 N–H and O–H groups in total. The van der Waals surface area contributed by atoms with Crippen LogP contribution in [0.5, 0.6) is 5.75 Å². The number of aromatic amines is 1. The fraction of sp³-hybridized carbons (Fsp3) is 0.429. The lowest BCUT2D eigenvalue weighted by Crippen LogP contribution is -2.47. The van der Waals surface area contributed by atoms with Gasteiger partial charge in [0.05, 0.1) is 30.2 Å². The van der Waals surface area contributed by atoms with Gasteiger partial charge in [-0.2, -0.15) is 5.10 Å². The monoisotopic (exact) mass is 686 g/mol. The molecule has 3 aromatic heterocycles. The molecule has 0 spiro atoms. The van der Waals surface area contributed by atoms with E-state index in [1.165, 1.54) is 11.7 Å². The standard InChI is InChI=1S/C35H39ClN8O5/c1-42-19-25(24-18-38-41-32(24)35(42)48)22-15-26(36)31(28(16-22)49-2)34(47)44-13-9-21(10-14-44)20-7-11-43(12-8-20)23-3-5-29(37-17-23)39-27-4-6-30(45)40-33(27)46/h3,5,15-21,27H,4,6-14H2,1-2H3,(H,37,39)(H,38,41)(H,40,45,46). The molecule has 0 radical (unpaired) electrons. The third-order valence-corrected chi connectivity index (χ3v) is 10.6. The third-order valence-electron chi connectivity index (χ3n) is 10.3. The quantitative estimate of drug-likeness (QED) is 0.245. The number of nitrogens with zero attached hydrogens (tertiary/aromatic N) is 5. The maximum atomic E-state index is 13.8. The highest BCUT2D eigenvalue weighted by atomic mass is 35.5. The summed E-state index contributed by atoms with van der Waals surface area (Å²) in [6.45, 7) is 3.19. The molecule has 256 valence electrons. The summed E-state index contributed by atoms with van der Waals surface area (Å²) in [6, 6.07) is 7.00. The molecule has 49 heavy (non-hydrogen) atoms. The third kappa shape index (κ3) is 6.46. The minimum absolute atomic E-state index is 0.140. The Hall–Kier alpha value is -4.91. The highest BCUT2D eigenvalue weighted by Gasteiger charge is 2.33. The Labute approximate surface area is 288 Å². The van der Waals surface area contributed by atoms with Gasteiger partial charge in [-0.1, -0.05) is 11.6 Å². The number of fused-ring (bicyclic) bond motifs is 1. The number of H-pyrrole nitrogens is 1. The summed E-state index contributed by atoms with van der Waals surface area (Å²) < 4.78 is 7.18. The van der Waals surface area contributed by atoms with Crippen molar-refractivity contribution < 1.29 is 19.1 Å². The molecule has 4 aromatic rings. The highest BCUT2D eigenvalue weighted by molar-refractivity contribution is 6.34. The van der Waals surface area contributed by atoms with E-state index >= 15 is 0 Å². The molecule has 3 fully saturated rings. The summed E-state index contributed by atoms with van der Waals surface area (Å²) in [6.07, 6.45) is 9.98. The van der Waals surface area contributed by atoms with Crippen molar-refractivity contribution >= 4 is 51.7 Å². The molecule has 0 bridgehead atoms. The second kappa shape index (κ2) is 13.5. The number of ether oxygens (including phenoxy) is 1. The van der Waals surface area contributed by atoms with E-state index in [-0.39, 0.29) is 23.3 Å². The number of hydrogen-bond donors (Lipinski definition) is 3. The number of carbonyl (C=O) groups is 3. The van der Waals surface area contributed by atoms with Gasteiger partial charge in [0.25, 0.3) is 11.5 Å². The van der Waals surface area contributed by atoms with Crippen molar-refractivity contribution in [2.75, 3.05) is 43.5 Å². The number of aromatic nitrogens is 4. The maximum absolute atomic E-state index is 13.8. The number of nitrogens with one attached hydrogen (secondary N) is 3. The minimum Gasteiger partial charge on any atom is -0.496 e. The van der Waals surface area contributed by atoms with Crippen LogP contribution in [-0.4, -0.2) is 81.7 Å². The first kappa shape index (κ1) is 32.6. The number of piperidine rings is 3. The van der Waals surface area contributed by atoms with Gasteiger partial charge in [0.15, 0.2) is 0 Å². The molecular formula is C35H39ClN8O5. The molecule has 13 nitrogen and oxygen atoms in total. The van der Waals surface area contributed by atoms with Crippen LogP contribution in [0.3, 0.4) is 0 Å². The Morgan fingerprint density at radius 1 is 1.00 bits per heavy atom. The van der Waals surface area contributed by atoms with Crippen molar-refractivity contribution in [2.45, 2.75) is 44.6 Å². The summed E-state index contributed by atoms with van der Waals surface area (Å²) in [5.41, 5.74) is 3.10. The molecule has 3 aliphatic rings. The lowest BCUT2D eigenvalue weighted by Gasteiger charge is -2.41. The molecule has 1 unspecified atom stereocenters. The smallest absolute Gasteiger partial charge is 0.276 e. The molecule has 0 saturated carbocycles. The minimum atomic E-state index is -0.458. The molecule has 7 rings (SSSR count). The van der Waals surface area contributed by atoms with E-state index in [1.54, 1.807) is 31.6 Å². The van der Waals surface area contributed by atoms with Gasteiger partial charge in [0.1, 0.15) is 28.7 Å². The fourth-order valence-corrected chi connectivity index (χ4v) is 7.81. The Kier molecular flexibility index (Phi) is 9.01. The summed E-state index contributed by atoms with van der Waals surface area (Å²) in [7, 11) is 3.21. The Morgan fingerprint density at radius 2 is 1.73 bits per heavy atom. The SMILES string of the molecule is COc1cc(-c2cn(C)c(=O)c3[nH]ncc23)cc(Cl)c1C(=O)N1CCC(C2CCN(c3ccc(NC4CCC(=O)NC4=O)nc3)CC2)CC1. The molecule has 0 aliphatic carbocycles. The van der Waals surface area contributed by atoms with Gasteiger partial charge in [-0.25, -0.2) is 4.98 Å². The summed E-state index contributed by atoms with van der Waals surface area (Å²) in [5, 5.41) is 13.3. The average Bonchev–Trinajstić information content (AvgIpc) is 3.61. The summed E-state index contributed by atoms with van der Waals surface area (Å²) >= 11 is 6.79. The number of carbonyl (C=O) groups excluding carboxylic acids is 3. The Bertz CT molecular complexity index is 1960. The second-order valence-electron chi connectivity index (χ2n) is 13.2. The molecule has 3 saturated heterocycles. The van der Waals surface area contributed by atoms with Crippen LogP contribution >= 0.6 is 11.6 Å². The van der Waals surface area contributed by atoms with Crippen molar-refractivity contribution in [3.63, 3.8) is 0 Å². The first-order chi connectivity index (χ1) is 23.7. The van der Waals surface area contributed by atoms with Gasteiger partial charge >= 0.3 is 0 Å². The number of methoxy groups -OCH3 is 1. The molecular weight excluding hydrogens is 648 g/mol. The lowest BCUT2D eigenvalue weighted by molar-refractivity contribution is -0.133. The molecule has 14 heteroatoms. The molecule has 3 aliphatic heterocycles. The van der Waals surface area contributed by atoms with Crippen LogP contribution < -0.4 is 25.8 Å². The predicted octanol–water partition coefficient (Wildman–Crippen LogP) is 3.97. The predicted molar refractivity (Wildman–Crippen MR) is 186 cm³/mol. The number of amides is 3. The first-order valence-corrected chi connectivity index (χ1v) is 17.1. The number of benzene rings is 1. The van der Waals surface area contributed by atoms with E-state index in [2.05, 4.69) is 30.7 Å². The molecule has 1 atom stereocenters. The van der Waals surface area contributed by atoms with Crippen molar-refractivity contribution in [1.82, 2.24) is 30.0 Å². The number of pyridine rings is 2. The molecule has 6 heterocycles. The second-order valence-corrected chi connectivity index (χ2v) is 13.6. The molecule has 1 aromatic carbocycles. The van der Waals surface area contributed by atoms with E-state index in [0.29, 0.717) is 70.8 Å². The van der Waals surface area contributed by atoms with Gasteiger partial charge in [0, 0.05) is 56.8 Å². The topological polar surface area (TPSA) is 155 Å². The zero-order chi connectivity index (χ0) is 34.2. The summed E-state index contributed by atoms with van der Waals surface area (Å²) in [4.78, 5) is 58.6. The van der Waals surface area contributed by atoms with E-state index in [4.69, 9.17) is 16.3 Å². The van der Waals surface area contributed by atoms with Gasteiger partial charge in [-0.05, 0) is 73.8 Å². The summed E-state index contributed by atoms with van der Waals surface area (Å²) in [5.74, 6) is 1.45. The number of imide groups is 1. The number of rotatable bonds is 7. The van der Waals surface area contributed by atoms with Crippen molar-refractivity contribution in [3.8, 4) is 16.9 Å². The van der Waals surface area contributed by atoms with Crippen molar-refractivity contribution in [1.29, 1.82) is 0 Å². The van der Waals surface area contributed by atoms with Crippen LogP contribution in [-0.2, 0) is 16.6 Å². The number of halogens is 1. The zero-order valence-corrected chi connectivity index (χ0v) is 28.3. The number of aryl methyl sites for hydroxylation is 1. The number of anilines is 2. The highest BCUT2D eigenvalue weighted by Crippen LogP contribution is 2.38. The van der Waals surface area contributed by atoms with Crippen LogP contribution in [0.25, 0.3) is 22.0 Å². The number of likely N-dealkylation sites (tertiary alicyclic amines) is 1. The Morgan fingerprint density at radius 3 is 2.41 bits per heavy atom. The van der Waals surface area contributed by atoms with Gasteiger partial charge in [0.2, 0.25) is 11.8 Å². The van der Waals surface area contributed by atoms with Crippen molar-refractivity contribution in [2.24, 2.45) is 18.9 Å². The first-order valence-electron chi connectivity index (χ1n) is 16.7. The van der Waals surface area contributed by atoms with Crippen LogP contribution in [0.1, 0.15) is 48.9 Å². The zero-order valence-electron chi connectivity index (χ0n) is 27.5. The molecule has 3 amide bonds. The van der Waals surface area contributed by atoms with Crippen molar-refractivity contribution in [3.05, 3.63) is 63.8 Å². The van der Waals surface area contributed by atoms with Crippen LogP contribution in [0.4, 0.5) is 11.5 Å². The van der Waals surface area contributed by atoms with E-state index in [1.807, 2.05) is 23.2 Å². The Balaban J connectivity index is 0.945. The van der Waals surface area contributed by atoms with Gasteiger partial charge < -0.3 is 24.4 Å². The average molecular weight is 687 g/mol. The van der Waals surface area contributed by atoms with Crippen LogP contribution in [0.15, 0.2) is 47.7 Å². The normalized spacial score (nSPS) is 19.3. The van der Waals surface area contributed by atoms with Crippen LogP contribution in [0.2, 0.25) is 5.02 Å². The fourth-order valence-electron chi connectivity index (χ4n) is 7.52. The lowest BCUT2D eigenvalue weighted by atomic mass is 9.78. The van der Waals surface area contributed by atoms with Crippen LogP contribution in [0, 0.1) is 11.8 Å². The van der Waals surface area contributed by atoms with E-state index in [9.17, 15) is 19.2 Å². The maximum Gasteiger partial charge on any atom is 0.276 e. The van der Waals surface area contributed by atoms with E-state index < -0.39 is 6.04 Å². The largest absolute Gasteiger partial charge is 0.496 e. The van der Waals surface area contributed by atoms with Gasteiger partial charge in [-0.3, -0.25) is 29.6 Å². The van der Waals surface area contributed by atoms with E-state index in [0.717, 1.165) is 55.6 Å².